The van der Waals surface area contributed by atoms with Gasteiger partial charge in [0.2, 0.25) is 0 Å². The molecule has 0 spiro atoms. The minimum atomic E-state index is -0.885. The number of aryl methyl sites for hydroxylation is 1. The summed E-state index contributed by atoms with van der Waals surface area (Å²) in [7, 11) is 0. The van der Waals surface area contributed by atoms with Gasteiger partial charge in [-0.15, -0.1) is 11.3 Å². The molecule has 3 rings (SSSR count). The number of aromatic nitrogens is 2. The van der Waals surface area contributed by atoms with Crippen molar-refractivity contribution in [2.75, 3.05) is 0 Å². The Kier molecular flexibility index (Phi) is 4.26. The highest BCUT2D eigenvalue weighted by molar-refractivity contribution is 7.13. The molecule has 0 unspecified atom stereocenters. The first kappa shape index (κ1) is 15.1. The maximum absolute atomic E-state index is 12.6. The van der Waals surface area contributed by atoms with Crippen LogP contribution in [0.15, 0.2) is 54.0 Å². The zero-order valence-corrected chi connectivity index (χ0v) is 13.2. The van der Waals surface area contributed by atoms with Crippen LogP contribution in [0.5, 0.6) is 0 Å². The Hall–Kier alpha value is -2.84. The lowest BCUT2D eigenvalue weighted by Crippen LogP contribution is -2.12. The Morgan fingerprint density at radius 2 is 2.00 bits per heavy atom. The molecule has 0 amide bonds. The first-order chi connectivity index (χ1) is 11.2. The summed E-state index contributed by atoms with van der Waals surface area (Å²) in [6.07, 6.45) is 1.58. The summed E-state index contributed by atoms with van der Waals surface area (Å²) in [5, 5.41) is 12.2. The van der Waals surface area contributed by atoms with Crippen LogP contribution < -0.4 is 0 Å². The average molecular weight is 319 g/mol. The van der Waals surface area contributed by atoms with Crippen LogP contribution in [0.1, 0.15) is 27.7 Å². The van der Waals surface area contributed by atoms with Gasteiger partial charge in [0.05, 0.1) is 11.8 Å². The third kappa shape index (κ3) is 3.17. The minimum absolute atomic E-state index is 0.243. The third-order valence-electron chi connectivity index (χ3n) is 3.41. The van der Waals surface area contributed by atoms with Crippen molar-refractivity contribution in [3.8, 4) is 16.6 Å². The van der Waals surface area contributed by atoms with E-state index in [1.165, 1.54) is 0 Å². The van der Waals surface area contributed by atoms with Gasteiger partial charge in [-0.2, -0.15) is 5.26 Å². The lowest BCUT2D eigenvalue weighted by Gasteiger charge is -2.08. The van der Waals surface area contributed by atoms with Gasteiger partial charge in [0.25, 0.3) is 0 Å². The van der Waals surface area contributed by atoms with Gasteiger partial charge >= 0.3 is 0 Å². The number of hydrogen-bond acceptors (Lipinski definition) is 5. The number of ketones is 1. The highest BCUT2D eigenvalue weighted by Gasteiger charge is 2.22. The molecule has 1 aromatic carbocycles. The smallest absolute Gasteiger partial charge is 0.186 e. The van der Waals surface area contributed by atoms with Gasteiger partial charge in [0, 0.05) is 28.4 Å². The summed E-state index contributed by atoms with van der Waals surface area (Å²) in [6, 6.07) is 14.5. The second-order valence-electron chi connectivity index (χ2n) is 5.05. The topological polar surface area (TPSA) is 66.6 Å². The van der Waals surface area contributed by atoms with Crippen molar-refractivity contribution in [3.63, 3.8) is 0 Å². The second-order valence-corrected chi connectivity index (χ2v) is 5.91. The van der Waals surface area contributed by atoms with Gasteiger partial charge in [0.1, 0.15) is 5.01 Å². The van der Waals surface area contributed by atoms with Crippen LogP contribution in [-0.4, -0.2) is 15.8 Å². The first-order valence-electron chi connectivity index (χ1n) is 7.06. The summed E-state index contributed by atoms with van der Waals surface area (Å²) in [5.74, 6) is -1.13. The maximum atomic E-state index is 12.6. The molecule has 1 atom stereocenters. The molecule has 4 nitrogen and oxygen atoms in total. The van der Waals surface area contributed by atoms with Gasteiger partial charge in [-0.05, 0) is 19.1 Å². The van der Waals surface area contributed by atoms with Crippen LogP contribution >= 0.6 is 11.3 Å². The molecular weight excluding hydrogens is 306 g/mol. The van der Waals surface area contributed by atoms with E-state index in [0.717, 1.165) is 16.3 Å². The summed E-state index contributed by atoms with van der Waals surface area (Å²) in [4.78, 5) is 21.1. The lowest BCUT2D eigenvalue weighted by atomic mass is 9.95. The summed E-state index contributed by atoms with van der Waals surface area (Å²) >= 11 is 1.57. The number of rotatable bonds is 4. The average Bonchev–Trinajstić information content (AvgIpc) is 3.03. The van der Waals surface area contributed by atoms with E-state index in [-0.39, 0.29) is 5.78 Å². The number of pyridine rings is 1. The Labute approximate surface area is 138 Å². The normalized spacial score (nSPS) is 11.7. The van der Waals surface area contributed by atoms with Crippen LogP contribution in [-0.2, 0) is 0 Å². The van der Waals surface area contributed by atoms with Crippen LogP contribution in [0.4, 0.5) is 0 Å². The molecule has 23 heavy (non-hydrogen) atoms. The molecule has 0 saturated heterocycles. The number of thiazole rings is 1. The number of hydrogen-bond donors (Lipinski definition) is 0. The molecule has 0 saturated carbocycles. The maximum Gasteiger partial charge on any atom is 0.186 e. The van der Waals surface area contributed by atoms with Crippen molar-refractivity contribution in [3.05, 3.63) is 71.0 Å². The molecule has 2 heterocycles. The van der Waals surface area contributed by atoms with Crippen molar-refractivity contribution in [1.29, 1.82) is 5.26 Å². The van der Waals surface area contributed by atoms with E-state index in [9.17, 15) is 10.1 Å². The van der Waals surface area contributed by atoms with Crippen LogP contribution in [0.25, 0.3) is 10.6 Å². The second kappa shape index (κ2) is 6.51. The Morgan fingerprint density at radius 1 is 1.22 bits per heavy atom. The fourth-order valence-corrected chi connectivity index (χ4v) is 3.04. The van der Waals surface area contributed by atoms with Gasteiger partial charge in [-0.25, -0.2) is 4.98 Å². The van der Waals surface area contributed by atoms with Crippen molar-refractivity contribution >= 4 is 17.1 Å². The monoisotopic (exact) mass is 319 g/mol. The van der Waals surface area contributed by atoms with Crippen molar-refractivity contribution in [1.82, 2.24) is 9.97 Å². The van der Waals surface area contributed by atoms with Crippen LogP contribution in [0, 0.1) is 18.3 Å². The number of benzene rings is 1. The molecule has 0 N–H and O–H groups in total. The zero-order chi connectivity index (χ0) is 16.2. The largest absolute Gasteiger partial charge is 0.292 e. The van der Waals surface area contributed by atoms with Gasteiger partial charge in [-0.3, -0.25) is 9.78 Å². The molecule has 3 aromatic rings. The molecule has 5 heteroatoms. The van der Waals surface area contributed by atoms with Gasteiger partial charge < -0.3 is 0 Å². The number of nitrogens with zero attached hydrogens (tertiary/aromatic N) is 3. The number of nitriles is 1. The third-order valence-corrected chi connectivity index (χ3v) is 4.42. The first-order valence-corrected chi connectivity index (χ1v) is 7.94. The van der Waals surface area contributed by atoms with Gasteiger partial charge in [0.15, 0.2) is 11.7 Å². The summed E-state index contributed by atoms with van der Waals surface area (Å²) < 4.78 is 0. The molecule has 0 bridgehead atoms. The highest BCUT2D eigenvalue weighted by Crippen LogP contribution is 2.25. The SMILES string of the molecule is Cc1csc(-c2ccc(C(=O)[C@H](C#N)c3ccccn3)cc2)n1. The van der Waals surface area contributed by atoms with E-state index in [4.69, 9.17) is 0 Å². The molecule has 0 aliphatic carbocycles. The molecular formula is C18H13N3OS. The molecule has 0 fully saturated rings. The molecule has 0 aliphatic heterocycles. The van der Waals surface area contributed by atoms with E-state index in [0.29, 0.717) is 11.3 Å². The molecule has 0 aliphatic rings. The predicted octanol–water partition coefficient (Wildman–Crippen LogP) is 4.00. The molecule has 2 aromatic heterocycles. The number of carbonyl (C=O) groups is 1. The van der Waals surface area contributed by atoms with E-state index < -0.39 is 5.92 Å². The Balaban J connectivity index is 1.87. The fourth-order valence-electron chi connectivity index (χ4n) is 2.24. The van der Waals surface area contributed by atoms with Crippen LogP contribution in [0.3, 0.4) is 0 Å². The zero-order valence-electron chi connectivity index (χ0n) is 12.4. The van der Waals surface area contributed by atoms with E-state index in [2.05, 4.69) is 9.97 Å². The molecule has 0 radical (unpaired) electrons. The number of Topliss-reactive ketones (excluding diaryl/α,β-unsaturated/α-hetero) is 1. The fraction of sp³-hybridized carbons (Fsp3) is 0.111. The van der Waals surface area contributed by atoms with E-state index in [1.807, 2.05) is 30.5 Å². The lowest BCUT2D eigenvalue weighted by molar-refractivity contribution is 0.0977. The minimum Gasteiger partial charge on any atom is -0.292 e. The van der Waals surface area contributed by atoms with Crippen molar-refractivity contribution in [2.45, 2.75) is 12.8 Å². The Bertz CT molecular complexity index is 863. The number of carbonyl (C=O) groups excluding carboxylic acids is 1. The standard InChI is InChI=1S/C18H13N3OS/c1-12-11-23-18(21-12)14-7-5-13(6-8-14)17(22)15(10-19)16-4-2-3-9-20-16/h2-9,11,15H,1H3/t15-/m1/s1. The summed E-state index contributed by atoms with van der Waals surface area (Å²) in [6.45, 7) is 1.95. The predicted molar refractivity (Wildman–Crippen MR) is 89.2 cm³/mol. The van der Waals surface area contributed by atoms with Crippen molar-refractivity contribution < 1.29 is 4.79 Å². The van der Waals surface area contributed by atoms with E-state index >= 15 is 0 Å². The van der Waals surface area contributed by atoms with Crippen LogP contribution in [0.2, 0.25) is 0 Å². The quantitative estimate of drug-likeness (QED) is 0.682. The highest BCUT2D eigenvalue weighted by atomic mass is 32.1. The molecule has 112 valence electrons. The van der Waals surface area contributed by atoms with Gasteiger partial charge in [-0.1, -0.05) is 30.3 Å². The summed E-state index contributed by atoms with van der Waals surface area (Å²) in [5.41, 5.74) is 2.91. The van der Waals surface area contributed by atoms with E-state index in [1.54, 1.807) is 47.9 Å². The Morgan fingerprint density at radius 3 is 2.57 bits per heavy atom. The van der Waals surface area contributed by atoms with Crippen molar-refractivity contribution in [2.24, 2.45) is 0 Å².